The molecule has 0 N–H and O–H groups in total. The van der Waals surface area contributed by atoms with Crippen LogP contribution in [0.5, 0.6) is 0 Å². The summed E-state index contributed by atoms with van der Waals surface area (Å²) in [5.74, 6) is -0.147. The van der Waals surface area contributed by atoms with E-state index in [2.05, 4.69) is 4.98 Å². The molecule has 0 radical (unpaired) electrons. The summed E-state index contributed by atoms with van der Waals surface area (Å²) in [5, 5.41) is 0. The van der Waals surface area contributed by atoms with Gasteiger partial charge in [-0.1, -0.05) is 43.2 Å². The summed E-state index contributed by atoms with van der Waals surface area (Å²) in [6.07, 6.45) is 6.00. The van der Waals surface area contributed by atoms with Crippen molar-refractivity contribution >= 4 is 11.8 Å². The second kappa shape index (κ2) is 9.31. The first-order chi connectivity index (χ1) is 13.2. The Kier molecular flexibility index (Phi) is 6.58. The zero-order valence-electron chi connectivity index (χ0n) is 15.9. The summed E-state index contributed by atoms with van der Waals surface area (Å²) in [7, 11) is 0. The van der Waals surface area contributed by atoms with Crippen LogP contribution in [0, 0.1) is 0 Å². The second-order valence-corrected chi connectivity index (χ2v) is 6.94. The molecular formula is C22H27N3O2. The quantitative estimate of drug-likeness (QED) is 0.811. The first kappa shape index (κ1) is 19.1. The lowest BCUT2D eigenvalue weighted by molar-refractivity contribution is 0.0746. The molecule has 2 aromatic rings. The summed E-state index contributed by atoms with van der Waals surface area (Å²) in [6, 6.07) is 13.2. The van der Waals surface area contributed by atoms with Gasteiger partial charge in [0, 0.05) is 37.9 Å². The van der Waals surface area contributed by atoms with E-state index in [1.54, 1.807) is 23.2 Å². The number of carbonyl (C=O) groups is 2. The van der Waals surface area contributed by atoms with Crippen LogP contribution in [0.3, 0.4) is 0 Å². The third-order valence-corrected chi connectivity index (χ3v) is 5.00. The normalized spacial score (nSPS) is 14.5. The number of hydrogen-bond acceptors (Lipinski definition) is 3. The van der Waals surface area contributed by atoms with Crippen molar-refractivity contribution in [2.24, 2.45) is 0 Å². The number of pyridine rings is 1. The molecule has 0 unspecified atom stereocenters. The van der Waals surface area contributed by atoms with Crippen LogP contribution in [0.4, 0.5) is 0 Å². The Labute approximate surface area is 161 Å². The van der Waals surface area contributed by atoms with Crippen molar-refractivity contribution in [2.75, 3.05) is 19.6 Å². The van der Waals surface area contributed by atoms with Crippen LogP contribution in [-0.4, -0.2) is 46.2 Å². The van der Waals surface area contributed by atoms with Crippen LogP contribution >= 0.6 is 0 Å². The molecule has 0 aliphatic carbocycles. The summed E-state index contributed by atoms with van der Waals surface area (Å²) in [6.45, 7) is 4.65. The maximum absolute atomic E-state index is 12.9. The van der Waals surface area contributed by atoms with Crippen LogP contribution < -0.4 is 0 Å². The van der Waals surface area contributed by atoms with Crippen molar-refractivity contribution in [1.82, 2.24) is 14.8 Å². The lowest BCUT2D eigenvalue weighted by atomic mass is 10.1. The number of aromatic nitrogens is 1. The highest BCUT2D eigenvalue weighted by Gasteiger charge is 2.21. The molecule has 142 valence electrons. The van der Waals surface area contributed by atoms with Crippen LogP contribution in [-0.2, 0) is 6.54 Å². The van der Waals surface area contributed by atoms with Gasteiger partial charge in [0.1, 0.15) is 5.69 Å². The zero-order chi connectivity index (χ0) is 19.1. The van der Waals surface area contributed by atoms with E-state index in [9.17, 15) is 9.59 Å². The van der Waals surface area contributed by atoms with Crippen molar-refractivity contribution in [3.05, 3.63) is 65.5 Å². The topological polar surface area (TPSA) is 53.5 Å². The number of amides is 2. The molecular weight excluding hydrogens is 338 g/mol. The zero-order valence-corrected chi connectivity index (χ0v) is 15.9. The summed E-state index contributed by atoms with van der Waals surface area (Å²) in [4.78, 5) is 33.6. The average Bonchev–Trinajstić information content (AvgIpc) is 3.01. The van der Waals surface area contributed by atoms with Gasteiger partial charge in [-0.2, -0.15) is 0 Å². The highest BCUT2D eigenvalue weighted by Crippen LogP contribution is 2.15. The van der Waals surface area contributed by atoms with Crippen molar-refractivity contribution in [1.29, 1.82) is 0 Å². The highest BCUT2D eigenvalue weighted by atomic mass is 16.2. The number of likely N-dealkylation sites (tertiary alicyclic amines) is 1. The second-order valence-electron chi connectivity index (χ2n) is 6.94. The van der Waals surface area contributed by atoms with Gasteiger partial charge in [-0.15, -0.1) is 0 Å². The predicted molar refractivity (Wildman–Crippen MR) is 105 cm³/mol. The Morgan fingerprint density at radius 3 is 2.41 bits per heavy atom. The minimum atomic E-state index is -0.146. The maximum atomic E-state index is 12.9. The van der Waals surface area contributed by atoms with Crippen molar-refractivity contribution in [3.8, 4) is 0 Å². The van der Waals surface area contributed by atoms with Crippen LogP contribution in [0.25, 0.3) is 0 Å². The molecule has 1 aromatic carbocycles. The highest BCUT2D eigenvalue weighted by molar-refractivity contribution is 5.98. The van der Waals surface area contributed by atoms with E-state index in [1.807, 2.05) is 42.2 Å². The lowest BCUT2D eigenvalue weighted by Crippen LogP contribution is -2.33. The van der Waals surface area contributed by atoms with Crippen LogP contribution in [0.15, 0.2) is 48.7 Å². The molecule has 1 aliphatic heterocycles. The number of hydrogen-bond donors (Lipinski definition) is 0. The summed E-state index contributed by atoms with van der Waals surface area (Å²) >= 11 is 0. The molecule has 1 fully saturated rings. The summed E-state index contributed by atoms with van der Waals surface area (Å²) < 4.78 is 0. The first-order valence-corrected chi connectivity index (χ1v) is 9.77. The molecule has 1 saturated heterocycles. The fourth-order valence-electron chi connectivity index (χ4n) is 3.43. The van der Waals surface area contributed by atoms with Gasteiger partial charge >= 0.3 is 0 Å². The van der Waals surface area contributed by atoms with Gasteiger partial charge in [0.15, 0.2) is 0 Å². The number of nitrogens with zero attached hydrogens (tertiary/aromatic N) is 3. The van der Waals surface area contributed by atoms with Gasteiger partial charge in [-0.05, 0) is 37.5 Å². The van der Waals surface area contributed by atoms with E-state index in [0.717, 1.165) is 31.5 Å². The molecule has 2 amide bonds. The molecule has 27 heavy (non-hydrogen) atoms. The van der Waals surface area contributed by atoms with E-state index in [-0.39, 0.29) is 11.8 Å². The Morgan fingerprint density at radius 2 is 1.74 bits per heavy atom. The minimum Gasteiger partial charge on any atom is -0.339 e. The molecule has 1 aromatic heterocycles. The smallest absolute Gasteiger partial charge is 0.272 e. The van der Waals surface area contributed by atoms with Gasteiger partial charge in [0.05, 0.1) is 0 Å². The summed E-state index contributed by atoms with van der Waals surface area (Å²) in [5.41, 5.74) is 1.95. The SMILES string of the molecule is CCN(Cc1ccccc1)C(=O)c1cc(C(=O)N2CCCCCC2)ccn1. The Hall–Kier alpha value is -2.69. The fraction of sp³-hybridized carbons (Fsp3) is 0.409. The third-order valence-electron chi connectivity index (χ3n) is 5.00. The number of carbonyl (C=O) groups excluding carboxylic acids is 2. The molecule has 0 bridgehead atoms. The molecule has 2 heterocycles. The van der Waals surface area contributed by atoms with Crippen molar-refractivity contribution in [2.45, 2.75) is 39.2 Å². The van der Waals surface area contributed by atoms with Gasteiger partial charge in [0.2, 0.25) is 0 Å². The van der Waals surface area contributed by atoms with E-state index in [1.165, 1.54) is 12.8 Å². The van der Waals surface area contributed by atoms with E-state index >= 15 is 0 Å². The molecule has 1 aliphatic rings. The molecule has 3 rings (SSSR count). The van der Waals surface area contributed by atoms with Gasteiger partial charge in [0.25, 0.3) is 11.8 Å². The van der Waals surface area contributed by atoms with E-state index < -0.39 is 0 Å². The largest absolute Gasteiger partial charge is 0.339 e. The fourth-order valence-corrected chi connectivity index (χ4v) is 3.43. The average molecular weight is 365 g/mol. The van der Waals surface area contributed by atoms with Gasteiger partial charge in [-0.25, -0.2) is 0 Å². The Bertz CT molecular complexity index is 768. The van der Waals surface area contributed by atoms with Crippen molar-refractivity contribution < 1.29 is 9.59 Å². The lowest BCUT2D eigenvalue weighted by Gasteiger charge is -2.22. The number of rotatable bonds is 5. The van der Waals surface area contributed by atoms with E-state index in [4.69, 9.17) is 0 Å². The van der Waals surface area contributed by atoms with Crippen molar-refractivity contribution in [3.63, 3.8) is 0 Å². The minimum absolute atomic E-state index is 0.000502. The predicted octanol–water partition coefficient (Wildman–Crippen LogP) is 3.76. The molecule has 0 spiro atoms. The van der Waals surface area contributed by atoms with E-state index in [0.29, 0.717) is 24.3 Å². The Morgan fingerprint density at radius 1 is 1.04 bits per heavy atom. The number of benzene rings is 1. The maximum Gasteiger partial charge on any atom is 0.272 e. The molecule has 5 heteroatoms. The van der Waals surface area contributed by atoms with Crippen LogP contribution in [0.2, 0.25) is 0 Å². The third kappa shape index (κ3) is 4.94. The Balaban J connectivity index is 1.75. The monoisotopic (exact) mass is 365 g/mol. The van der Waals surface area contributed by atoms with Gasteiger partial charge in [-0.3, -0.25) is 14.6 Å². The molecule has 5 nitrogen and oxygen atoms in total. The molecule has 0 atom stereocenters. The molecule has 0 saturated carbocycles. The van der Waals surface area contributed by atoms with Gasteiger partial charge < -0.3 is 9.80 Å². The first-order valence-electron chi connectivity index (χ1n) is 9.77. The van der Waals surface area contributed by atoms with Crippen LogP contribution in [0.1, 0.15) is 59.0 Å². The standard InChI is InChI=1S/C22H27N3O2/c1-2-24(17-18-10-6-5-7-11-18)22(27)20-16-19(12-13-23-20)21(26)25-14-8-3-4-9-15-25/h5-7,10-13,16H,2-4,8-9,14-15,17H2,1H3.